The van der Waals surface area contributed by atoms with Crippen molar-refractivity contribution in [3.05, 3.63) is 42.0 Å². The quantitative estimate of drug-likeness (QED) is 0.770. The Morgan fingerprint density at radius 3 is 2.73 bits per heavy atom. The molecule has 0 aliphatic heterocycles. The van der Waals surface area contributed by atoms with Gasteiger partial charge in [0.2, 0.25) is 0 Å². The van der Waals surface area contributed by atoms with Crippen LogP contribution in [-0.2, 0) is 0 Å². The van der Waals surface area contributed by atoms with Gasteiger partial charge in [0.1, 0.15) is 5.75 Å². The minimum Gasteiger partial charge on any atom is -0.496 e. The summed E-state index contributed by atoms with van der Waals surface area (Å²) in [5.41, 5.74) is 1.10. The van der Waals surface area contributed by atoms with Crippen molar-refractivity contribution in [2.75, 3.05) is 7.11 Å². The smallest absolute Gasteiger partial charge is 0.335 e. The first-order valence-electron chi connectivity index (χ1n) is 4.64. The van der Waals surface area contributed by atoms with Gasteiger partial charge in [-0.25, -0.2) is 4.79 Å². The second-order valence-corrected chi connectivity index (χ2v) is 3.29. The molecule has 0 heterocycles. The van der Waals surface area contributed by atoms with Crippen molar-refractivity contribution < 1.29 is 14.6 Å². The Labute approximate surface area is 89.0 Å². The van der Waals surface area contributed by atoms with Crippen molar-refractivity contribution in [2.45, 2.75) is 12.8 Å². The van der Waals surface area contributed by atoms with Crippen LogP contribution < -0.4 is 4.74 Å². The fourth-order valence-electron chi connectivity index (χ4n) is 1.35. The van der Waals surface area contributed by atoms with Gasteiger partial charge in [-0.05, 0) is 18.2 Å². The van der Waals surface area contributed by atoms with Crippen LogP contribution in [0.15, 0.2) is 30.9 Å². The van der Waals surface area contributed by atoms with Crippen LogP contribution >= 0.6 is 0 Å². The van der Waals surface area contributed by atoms with Crippen molar-refractivity contribution in [2.24, 2.45) is 0 Å². The van der Waals surface area contributed by atoms with Gasteiger partial charge in [-0.15, -0.1) is 6.58 Å². The van der Waals surface area contributed by atoms with Crippen molar-refractivity contribution >= 4 is 5.97 Å². The molecule has 80 valence electrons. The van der Waals surface area contributed by atoms with Crippen LogP contribution in [0, 0.1) is 0 Å². The van der Waals surface area contributed by atoms with Gasteiger partial charge in [0.05, 0.1) is 12.7 Å². The Hall–Kier alpha value is -1.77. The van der Waals surface area contributed by atoms with E-state index in [1.54, 1.807) is 25.3 Å². The highest BCUT2D eigenvalue weighted by molar-refractivity contribution is 5.88. The maximum atomic E-state index is 10.8. The molecule has 15 heavy (non-hydrogen) atoms. The Morgan fingerprint density at radius 1 is 1.60 bits per heavy atom. The van der Waals surface area contributed by atoms with Gasteiger partial charge >= 0.3 is 5.97 Å². The average molecular weight is 206 g/mol. The molecular weight excluding hydrogens is 192 g/mol. The molecule has 1 unspecified atom stereocenters. The van der Waals surface area contributed by atoms with Crippen molar-refractivity contribution in [3.8, 4) is 5.75 Å². The van der Waals surface area contributed by atoms with E-state index in [1.165, 1.54) is 6.07 Å². The molecule has 0 saturated heterocycles. The summed E-state index contributed by atoms with van der Waals surface area (Å²) in [7, 11) is 1.56. The van der Waals surface area contributed by atoms with E-state index in [2.05, 4.69) is 6.58 Å². The molecule has 0 amide bonds. The normalized spacial score (nSPS) is 11.9. The largest absolute Gasteiger partial charge is 0.496 e. The number of allylic oxidation sites excluding steroid dienone is 1. The molecule has 0 spiro atoms. The summed E-state index contributed by atoms with van der Waals surface area (Å²) in [6.07, 6.45) is 1.75. The van der Waals surface area contributed by atoms with Gasteiger partial charge in [0.15, 0.2) is 0 Å². The maximum Gasteiger partial charge on any atom is 0.335 e. The fourth-order valence-corrected chi connectivity index (χ4v) is 1.35. The van der Waals surface area contributed by atoms with E-state index in [1.807, 2.05) is 6.92 Å². The monoisotopic (exact) mass is 206 g/mol. The molecule has 1 aromatic rings. The third kappa shape index (κ3) is 2.37. The molecule has 3 heteroatoms. The number of hydrogen-bond donors (Lipinski definition) is 1. The second kappa shape index (κ2) is 4.64. The third-order valence-corrected chi connectivity index (χ3v) is 2.32. The van der Waals surface area contributed by atoms with E-state index in [4.69, 9.17) is 9.84 Å². The number of ether oxygens (including phenoxy) is 1. The number of methoxy groups -OCH3 is 1. The summed E-state index contributed by atoms with van der Waals surface area (Å²) in [5, 5.41) is 8.86. The topological polar surface area (TPSA) is 46.5 Å². The van der Waals surface area contributed by atoms with Crippen LogP contribution in [0.5, 0.6) is 5.75 Å². The Bertz CT molecular complexity index is 382. The van der Waals surface area contributed by atoms with Crippen molar-refractivity contribution in [3.63, 3.8) is 0 Å². The summed E-state index contributed by atoms with van der Waals surface area (Å²) >= 11 is 0. The third-order valence-electron chi connectivity index (χ3n) is 2.32. The van der Waals surface area contributed by atoms with Crippen LogP contribution in [0.25, 0.3) is 0 Å². The number of benzene rings is 1. The molecule has 0 aliphatic rings. The Balaban J connectivity index is 3.24. The lowest BCUT2D eigenvalue weighted by atomic mass is 9.98. The molecule has 0 radical (unpaired) electrons. The van der Waals surface area contributed by atoms with Crippen LogP contribution in [0.3, 0.4) is 0 Å². The van der Waals surface area contributed by atoms with Gasteiger partial charge in [-0.3, -0.25) is 0 Å². The second-order valence-electron chi connectivity index (χ2n) is 3.29. The fraction of sp³-hybridized carbons (Fsp3) is 0.250. The zero-order valence-corrected chi connectivity index (χ0v) is 8.86. The molecule has 1 rings (SSSR count). The van der Waals surface area contributed by atoms with E-state index < -0.39 is 5.97 Å². The predicted molar refractivity (Wildman–Crippen MR) is 58.6 cm³/mol. The highest BCUT2D eigenvalue weighted by Gasteiger charge is 2.12. The lowest BCUT2D eigenvalue weighted by Gasteiger charge is -2.12. The van der Waals surface area contributed by atoms with E-state index in [0.717, 1.165) is 5.56 Å². The van der Waals surface area contributed by atoms with Crippen LogP contribution in [0.4, 0.5) is 0 Å². The number of aromatic carboxylic acids is 1. The lowest BCUT2D eigenvalue weighted by Crippen LogP contribution is -2.01. The highest BCUT2D eigenvalue weighted by atomic mass is 16.5. The Morgan fingerprint density at radius 2 is 2.27 bits per heavy atom. The van der Waals surface area contributed by atoms with Crippen LogP contribution in [0.1, 0.15) is 28.8 Å². The average Bonchev–Trinajstić information content (AvgIpc) is 2.27. The van der Waals surface area contributed by atoms with Gasteiger partial charge in [0, 0.05) is 11.5 Å². The SMILES string of the molecule is C=CC(C)c1cc(C(=O)O)ccc1OC. The zero-order chi connectivity index (χ0) is 11.4. The van der Waals surface area contributed by atoms with Gasteiger partial charge in [-0.2, -0.15) is 0 Å². The molecule has 0 bridgehead atoms. The van der Waals surface area contributed by atoms with E-state index in [9.17, 15) is 4.79 Å². The van der Waals surface area contributed by atoms with Crippen LogP contribution in [-0.4, -0.2) is 18.2 Å². The summed E-state index contributed by atoms with van der Waals surface area (Å²) in [4.78, 5) is 10.8. The lowest BCUT2D eigenvalue weighted by molar-refractivity contribution is 0.0696. The summed E-state index contributed by atoms with van der Waals surface area (Å²) in [5.74, 6) is -0.179. The van der Waals surface area contributed by atoms with E-state index in [0.29, 0.717) is 5.75 Å². The molecule has 1 aromatic carbocycles. The molecule has 3 nitrogen and oxygen atoms in total. The van der Waals surface area contributed by atoms with Gasteiger partial charge in [-0.1, -0.05) is 13.0 Å². The number of carboxylic acids is 1. The highest BCUT2D eigenvalue weighted by Crippen LogP contribution is 2.28. The minimum atomic E-state index is -0.935. The van der Waals surface area contributed by atoms with Crippen molar-refractivity contribution in [1.29, 1.82) is 0 Å². The first-order valence-corrected chi connectivity index (χ1v) is 4.64. The minimum absolute atomic E-state index is 0.0687. The van der Waals surface area contributed by atoms with E-state index >= 15 is 0 Å². The van der Waals surface area contributed by atoms with Crippen LogP contribution in [0.2, 0.25) is 0 Å². The Kier molecular flexibility index (Phi) is 3.50. The summed E-state index contributed by atoms with van der Waals surface area (Å²) in [6.45, 7) is 5.62. The first kappa shape index (κ1) is 11.3. The van der Waals surface area contributed by atoms with Gasteiger partial charge < -0.3 is 9.84 Å². The zero-order valence-electron chi connectivity index (χ0n) is 8.86. The van der Waals surface area contributed by atoms with Gasteiger partial charge in [0.25, 0.3) is 0 Å². The summed E-state index contributed by atoms with van der Waals surface area (Å²) < 4.78 is 5.16. The van der Waals surface area contributed by atoms with Crippen molar-refractivity contribution in [1.82, 2.24) is 0 Å². The molecule has 1 N–H and O–H groups in total. The molecule has 0 aromatic heterocycles. The number of carboxylic acid groups (broad SMARTS) is 1. The standard InChI is InChI=1S/C12H14O3/c1-4-8(2)10-7-9(12(13)14)5-6-11(10)15-3/h4-8H,1H2,2-3H3,(H,13,14). The molecule has 0 saturated carbocycles. The molecule has 0 aliphatic carbocycles. The summed E-state index contributed by atoms with van der Waals surface area (Å²) in [6, 6.07) is 4.81. The maximum absolute atomic E-state index is 10.8. The molecule has 1 atom stereocenters. The number of carbonyl (C=O) groups is 1. The van der Waals surface area contributed by atoms with E-state index in [-0.39, 0.29) is 11.5 Å². The predicted octanol–water partition coefficient (Wildman–Crippen LogP) is 2.68. The molecular formula is C12H14O3. The number of rotatable bonds is 4. The number of hydrogen-bond acceptors (Lipinski definition) is 2. The molecule has 0 fully saturated rings. The first-order chi connectivity index (χ1) is 7.10.